The number of hydrogen-bond donors (Lipinski definition) is 1. The minimum Gasteiger partial charge on any atom is -0.461 e. The van der Waals surface area contributed by atoms with Crippen LogP contribution in [0.3, 0.4) is 0 Å². The Hall–Kier alpha value is -3.08. The van der Waals surface area contributed by atoms with E-state index in [2.05, 4.69) is 5.32 Å². The predicted molar refractivity (Wildman–Crippen MR) is 104 cm³/mol. The zero-order valence-electron chi connectivity index (χ0n) is 15.4. The molecule has 0 bridgehead atoms. The van der Waals surface area contributed by atoms with Crippen LogP contribution in [0.4, 0.5) is 5.69 Å². The monoisotopic (exact) mass is 352 g/mol. The first kappa shape index (κ1) is 19.2. The molecule has 0 fully saturated rings. The average Bonchev–Trinajstić information content (AvgIpc) is 2.66. The summed E-state index contributed by atoms with van der Waals surface area (Å²) < 4.78 is 5.19. The summed E-state index contributed by atoms with van der Waals surface area (Å²) in [4.78, 5) is 26.7. The van der Waals surface area contributed by atoms with Gasteiger partial charge in [0.25, 0.3) is 5.91 Å². The lowest BCUT2D eigenvalue weighted by atomic mass is 10.1. The van der Waals surface area contributed by atoms with Crippen LogP contribution in [0.25, 0.3) is 6.08 Å². The number of ether oxygens (including phenoxy) is 1. The highest BCUT2D eigenvalue weighted by Gasteiger charge is 2.15. The summed E-state index contributed by atoms with van der Waals surface area (Å²) in [5, 5.41) is 2.67. The first-order valence-corrected chi connectivity index (χ1v) is 8.54. The maximum absolute atomic E-state index is 12.4. The molecule has 0 aliphatic rings. The number of carbonyl (C=O) groups excluding carboxylic acids is 2. The number of hydrogen-bond acceptors (Lipinski definition) is 4. The molecule has 2 aromatic rings. The third-order valence-electron chi connectivity index (χ3n) is 3.66. The number of carbonyl (C=O) groups is 2. The Kier molecular flexibility index (Phi) is 6.97. The quantitative estimate of drug-likeness (QED) is 0.612. The molecule has 1 N–H and O–H groups in total. The van der Waals surface area contributed by atoms with Crippen molar-refractivity contribution in [2.45, 2.75) is 13.3 Å². The van der Waals surface area contributed by atoms with Gasteiger partial charge in [-0.05, 0) is 42.3 Å². The molecule has 26 heavy (non-hydrogen) atoms. The molecule has 0 heterocycles. The van der Waals surface area contributed by atoms with Crippen LogP contribution in [0.2, 0.25) is 0 Å². The van der Waals surface area contributed by atoms with Gasteiger partial charge in [-0.2, -0.15) is 0 Å². The number of nitrogens with one attached hydrogen (secondary N) is 1. The molecule has 0 unspecified atom stereocenters. The smallest absolute Gasteiger partial charge is 0.354 e. The Morgan fingerprint density at radius 3 is 2.27 bits per heavy atom. The maximum Gasteiger partial charge on any atom is 0.354 e. The number of amides is 1. The molecule has 0 aliphatic carbocycles. The van der Waals surface area contributed by atoms with Crippen molar-refractivity contribution in [2.24, 2.45) is 0 Å². The standard InChI is InChI=1S/C21H24N2O3/c1-4-14-26-21(25)19(22-20(24)17-8-6-5-7-9-17)15-16-10-12-18(13-11-16)23(2)3/h5-13,15H,4,14H2,1-3H3,(H,22,24)/b19-15-. The molecule has 0 spiro atoms. The number of rotatable bonds is 7. The van der Waals surface area contributed by atoms with E-state index >= 15 is 0 Å². The second-order valence-electron chi connectivity index (χ2n) is 6.00. The lowest BCUT2D eigenvalue weighted by molar-refractivity contribution is -0.139. The fraction of sp³-hybridized carbons (Fsp3) is 0.238. The largest absolute Gasteiger partial charge is 0.461 e. The van der Waals surface area contributed by atoms with Gasteiger partial charge in [0, 0.05) is 25.3 Å². The highest BCUT2D eigenvalue weighted by Crippen LogP contribution is 2.15. The summed E-state index contributed by atoms with van der Waals surface area (Å²) in [5.41, 5.74) is 2.44. The van der Waals surface area contributed by atoms with Crippen molar-refractivity contribution in [3.8, 4) is 0 Å². The van der Waals surface area contributed by atoms with Gasteiger partial charge in [0.15, 0.2) is 0 Å². The minimum absolute atomic E-state index is 0.116. The maximum atomic E-state index is 12.4. The van der Waals surface area contributed by atoms with Crippen LogP contribution >= 0.6 is 0 Å². The average molecular weight is 352 g/mol. The molecule has 1 amide bonds. The molecule has 0 aromatic heterocycles. The van der Waals surface area contributed by atoms with Gasteiger partial charge >= 0.3 is 5.97 Å². The third kappa shape index (κ3) is 5.48. The first-order valence-electron chi connectivity index (χ1n) is 8.54. The molecule has 2 aromatic carbocycles. The molecule has 0 aliphatic heterocycles. The highest BCUT2D eigenvalue weighted by atomic mass is 16.5. The molecular weight excluding hydrogens is 328 g/mol. The van der Waals surface area contributed by atoms with Crippen molar-refractivity contribution in [2.75, 3.05) is 25.6 Å². The van der Waals surface area contributed by atoms with E-state index in [-0.39, 0.29) is 11.6 Å². The molecule has 0 saturated carbocycles. The number of esters is 1. The van der Waals surface area contributed by atoms with Gasteiger partial charge < -0.3 is 15.0 Å². The number of nitrogens with zero attached hydrogens (tertiary/aromatic N) is 1. The van der Waals surface area contributed by atoms with Crippen molar-refractivity contribution < 1.29 is 14.3 Å². The Morgan fingerprint density at radius 2 is 1.69 bits per heavy atom. The second kappa shape index (κ2) is 9.42. The Morgan fingerprint density at radius 1 is 1.04 bits per heavy atom. The van der Waals surface area contributed by atoms with E-state index in [0.29, 0.717) is 18.6 Å². The van der Waals surface area contributed by atoms with Crippen LogP contribution in [0.5, 0.6) is 0 Å². The SMILES string of the molecule is CCCOC(=O)/C(=C/c1ccc(N(C)C)cc1)NC(=O)c1ccccc1. The summed E-state index contributed by atoms with van der Waals surface area (Å²) in [5.74, 6) is -0.900. The summed E-state index contributed by atoms with van der Waals surface area (Å²) in [6.45, 7) is 2.22. The molecule has 136 valence electrons. The predicted octanol–water partition coefficient (Wildman–Crippen LogP) is 3.48. The Balaban J connectivity index is 2.25. The van der Waals surface area contributed by atoms with E-state index in [1.807, 2.05) is 56.3 Å². The Bertz CT molecular complexity index is 766. The van der Waals surface area contributed by atoms with Gasteiger partial charge in [-0.1, -0.05) is 37.3 Å². The zero-order chi connectivity index (χ0) is 18.9. The van der Waals surface area contributed by atoms with Crippen LogP contribution in [0, 0.1) is 0 Å². The van der Waals surface area contributed by atoms with Gasteiger partial charge in [-0.25, -0.2) is 4.79 Å². The first-order chi connectivity index (χ1) is 12.5. The normalized spacial score (nSPS) is 11.0. The van der Waals surface area contributed by atoms with Gasteiger partial charge in [0.2, 0.25) is 0 Å². The van der Waals surface area contributed by atoms with Crippen molar-refractivity contribution in [1.29, 1.82) is 0 Å². The summed E-state index contributed by atoms with van der Waals surface area (Å²) >= 11 is 0. The fourth-order valence-corrected chi connectivity index (χ4v) is 2.24. The third-order valence-corrected chi connectivity index (χ3v) is 3.66. The van der Waals surface area contributed by atoms with Crippen LogP contribution < -0.4 is 10.2 Å². The molecular formula is C21H24N2O3. The van der Waals surface area contributed by atoms with E-state index in [0.717, 1.165) is 11.3 Å². The topological polar surface area (TPSA) is 58.6 Å². The molecule has 0 radical (unpaired) electrons. The van der Waals surface area contributed by atoms with Gasteiger partial charge in [0.05, 0.1) is 6.61 Å². The van der Waals surface area contributed by atoms with E-state index in [1.54, 1.807) is 30.3 Å². The van der Waals surface area contributed by atoms with Crippen molar-refractivity contribution in [1.82, 2.24) is 5.32 Å². The molecule has 5 nitrogen and oxygen atoms in total. The second-order valence-corrected chi connectivity index (χ2v) is 6.00. The number of benzene rings is 2. The molecule has 0 atom stereocenters. The van der Waals surface area contributed by atoms with Crippen molar-refractivity contribution in [3.63, 3.8) is 0 Å². The molecule has 5 heteroatoms. The van der Waals surface area contributed by atoms with Gasteiger partial charge in [0.1, 0.15) is 5.70 Å². The minimum atomic E-state index is -0.548. The highest BCUT2D eigenvalue weighted by molar-refractivity contribution is 6.03. The molecule has 2 rings (SSSR count). The fourth-order valence-electron chi connectivity index (χ4n) is 2.24. The van der Waals surface area contributed by atoms with Crippen LogP contribution in [0.1, 0.15) is 29.3 Å². The van der Waals surface area contributed by atoms with Gasteiger partial charge in [-0.3, -0.25) is 4.79 Å². The van der Waals surface area contributed by atoms with E-state index in [4.69, 9.17) is 4.74 Å². The van der Waals surface area contributed by atoms with Crippen molar-refractivity contribution in [3.05, 3.63) is 71.4 Å². The van der Waals surface area contributed by atoms with E-state index < -0.39 is 5.97 Å². The van der Waals surface area contributed by atoms with Gasteiger partial charge in [-0.15, -0.1) is 0 Å². The van der Waals surface area contributed by atoms with Crippen LogP contribution in [-0.2, 0) is 9.53 Å². The number of anilines is 1. The lowest BCUT2D eigenvalue weighted by Crippen LogP contribution is -2.28. The zero-order valence-corrected chi connectivity index (χ0v) is 15.4. The Labute approximate surface area is 154 Å². The van der Waals surface area contributed by atoms with E-state index in [9.17, 15) is 9.59 Å². The molecule has 0 saturated heterocycles. The summed E-state index contributed by atoms with van der Waals surface area (Å²) in [7, 11) is 3.91. The lowest BCUT2D eigenvalue weighted by Gasteiger charge is -2.13. The summed E-state index contributed by atoms with van der Waals surface area (Å²) in [6, 6.07) is 16.4. The van der Waals surface area contributed by atoms with E-state index in [1.165, 1.54) is 0 Å². The van der Waals surface area contributed by atoms with Crippen LogP contribution in [0.15, 0.2) is 60.3 Å². The van der Waals surface area contributed by atoms with Crippen molar-refractivity contribution >= 4 is 23.6 Å². The van der Waals surface area contributed by atoms with Crippen LogP contribution in [-0.4, -0.2) is 32.6 Å². The summed E-state index contributed by atoms with van der Waals surface area (Å²) in [6.07, 6.45) is 2.33.